The maximum atomic E-state index is 10.8. The molecule has 0 amide bonds. The van der Waals surface area contributed by atoms with E-state index in [4.69, 9.17) is 0 Å². The van der Waals surface area contributed by atoms with Crippen LogP contribution in [0.1, 0.15) is 12.5 Å². The summed E-state index contributed by atoms with van der Waals surface area (Å²) in [6.45, 7) is 3.72. The maximum absolute atomic E-state index is 10.8. The van der Waals surface area contributed by atoms with E-state index < -0.39 is 0 Å². The van der Waals surface area contributed by atoms with Crippen molar-refractivity contribution in [2.24, 2.45) is 0 Å². The molecule has 0 aliphatic heterocycles. The predicted molar refractivity (Wildman–Crippen MR) is 44.4 cm³/mol. The van der Waals surface area contributed by atoms with E-state index in [1.165, 1.54) is 0 Å². The summed E-state index contributed by atoms with van der Waals surface area (Å²) in [5.74, 6) is 0. The van der Waals surface area contributed by atoms with Gasteiger partial charge in [0, 0.05) is 18.8 Å². The molecule has 11 heavy (non-hydrogen) atoms. The van der Waals surface area contributed by atoms with Gasteiger partial charge in [0.25, 0.3) is 0 Å². The second-order valence-corrected chi connectivity index (χ2v) is 2.34. The molecule has 0 unspecified atom stereocenters. The second-order valence-electron chi connectivity index (χ2n) is 2.34. The molecule has 0 saturated carbocycles. The molecule has 0 spiro atoms. The van der Waals surface area contributed by atoms with E-state index in [1.807, 2.05) is 13.0 Å². The van der Waals surface area contributed by atoms with Crippen LogP contribution in [0.5, 0.6) is 0 Å². The van der Waals surface area contributed by atoms with Crippen LogP contribution >= 0.6 is 0 Å². The zero-order valence-electron chi connectivity index (χ0n) is 6.55. The van der Waals surface area contributed by atoms with Gasteiger partial charge < -0.3 is 10.3 Å². The number of pyridine rings is 1. The van der Waals surface area contributed by atoms with Crippen LogP contribution in [0.25, 0.3) is 0 Å². The third-order valence-corrected chi connectivity index (χ3v) is 1.42. The van der Waals surface area contributed by atoms with Crippen molar-refractivity contribution in [3.05, 3.63) is 34.2 Å². The highest BCUT2D eigenvalue weighted by Crippen LogP contribution is 1.90. The molecule has 60 valence electrons. The summed E-state index contributed by atoms with van der Waals surface area (Å²) < 4.78 is 0. The minimum absolute atomic E-state index is 0.0413. The molecular weight excluding hydrogens is 140 g/mol. The highest BCUT2D eigenvalue weighted by Gasteiger charge is 1.90. The molecule has 1 rings (SSSR count). The molecule has 0 radical (unpaired) electrons. The fourth-order valence-electron chi connectivity index (χ4n) is 0.868. The van der Waals surface area contributed by atoms with Crippen molar-refractivity contribution in [3.8, 4) is 0 Å². The average molecular weight is 152 g/mol. The zero-order chi connectivity index (χ0) is 8.10. The largest absolute Gasteiger partial charge is 0.329 e. The molecule has 0 aliphatic rings. The Morgan fingerprint density at radius 3 is 3.09 bits per heavy atom. The van der Waals surface area contributed by atoms with Gasteiger partial charge in [-0.3, -0.25) is 4.79 Å². The number of H-pyrrole nitrogens is 1. The number of aromatic amines is 1. The highest BCUT2D eigenvalue weighted by molar-refractivity contribution is 5.09. The third kappa shape index (κ3) is 2.55. The molecule has 1 aromatic heterocycles. The number of rotatable bonds is 3. The van der Waals surface area contributed by atoms with Gasteiger partial charge in [0.05, 0.1) is 0 Å². The van der Waals surface area contributed by atoms with Crippen molar-refractivity contribution in [2.45, 2.75) is 13.5 Å². The number of hydrogen-bond donors (Lipinski definition) is 2. The van der Waals surface area contributed by atoms with Gasteiger partial charge in [-0.1, -0.05) is 6.92 Å². The fraction of sp³-hybridized carbons (Fsp3) is 0.375. The maximum Gasteiger partial charge on any atom is 0.248 e. The van der Waals surface area contributed by atoms with Crippen LogP contribution in [-0.4, -0.2) is 11.5 Å². The van der Waals surface area contributed by atoms with E-state index in [9.17, 15) is 4.79 Å². The lowest BCUT2D eigenvalue weighted by atomic mass is 10.3. The van der Waals surface area contributed by atoms with Crippen LogP contribution in [-0.2, 0) is 6.54 Å². The van der Waals surface area contributed by atoms with Gasteiger partial charge in [0.1, 0.15) is 0 Å². The van der Waals surface area contributed by atoms with Crippen molar-refractivity contribution in [1.82, 2.24) is 10.3 Å². The van der Waals surface area contributed by atoms with Gasteiger partial charge in [0.15, 0.2) is 0 Å². The summed E-state index contributed by atoms with van der Waals surface area (Å²) in [5, 5.41) is 3.14. The summed E-state index contributed by atoms with van der Waals surface area (Å²) in [5.41, 5.74) is 0.982. The summed E-state index contributed by atoms with van der Waals surface area (Å²) in [7, 11) is 0. The Balaban J connectivity index is 2.64. The molecule has 0 fully saturated rings. The quantitative estimate of drug-likeness (QED) is 0.661. The van der Waals surface area contributed by atoms with E-state index >= 15 is 0 Å². The van der Waals surface area contributed by atoms with Crippen LogP contribution in [0.15, 0.2) is 23.1 Å². The van der Waals surface area contributed by atoms with Gasteiger partial charge in [-0.25, -0.2) is 0 Å². The second kappa shape index (κ2) is 3.93. The summed E-state index contributed by atoms with van der Waals surface area (Å²) >= 11 is 0. The first-order chi connectivity index (χ1) is 5.33. The first kappa shape index (κ1) is 8.01. The molecule has 1 aromatic rings. The van der Waals surface area contributed by atoms with Crippen molar-refractivity contribution in [3.63, 3.8) is 0 Å². The van der Waals surface area contributed by atoms with E-state index in [0.29, 0.717) is 0 Å². The van der Waals surface area contributed by atoms with Gasteiger partial charge >= 0.3 is 0 Å². The Bertz CT molecular complexity index is 267. The number of nitrogens with one attached hydrogen (secondary N) is 2. The first-order valence-electron chi connectivity index (χ1n) is 3.71. The van der Waals surface area contributed by atoms with Crippen molar-refractivity contribution < 1.29 is 0 Å². The van der Waals surface area contributed by atoms with Crippen LogP contribution in [0.2, 0.25) is 0 Å². The molecule has 0 atom stereocenters. The first-order valence-corrected chi connectivity index (χ1v) is 3.71. The van der Waals surface area contributed by atoms with Gasteiger partial charge in [-0.2, -0.15) is 0 Å². The lowest BCUT2D eigenvalue weighted by Gasteiger charge is -1.99. The molecule has 0 aliphatic carbocycles. The normalized spacial score (nSPS) is 9.91. The van der Waals surface area contributed by atoms with E-state index in [-0.39, 0.29) is 5.56 Å². The van der Waals surface area contributed by atoms with Crippen LogP contribution in [0.4, 0.5) is 0 Å². The lowest BCUT2D eigenvalue weighted by molar-refractivity contribution is 0.725. The fourth-order valence-corrected chi connectivity index (χ4v) is 0.868. The van der Waals surface area contributed by atoms with Crippen LogP contribution < -0.4 is 10.9 Å². The van der Waals surface area contributed by atoms with Crippen LogP contribution in [0, 0.1) is 0 Å². The molecule has 2 N–H and O–H groups in total. The molecule has 3 nitrogen and oxygen atoms in total. The van der Waals surface area contributed by atoms with E-state index in [1.54, 1.807) is 12.3 Å². The molecular formula is C8H12N2O. The van der Waals surface area contributed by atoms with Crippen LogP contribution in [0.3, 0.4) is 0 Å². The Labute approximate surface area is 65.5 Å². The zero-order valence-corrected chi connectivity index (χ0v) is 6.55. The SMILES string of the molecule is CCNCc1cc[nH]c(=O)c1. The van der Waals surface area contributed by atoms with Gasteiger partial charge in [-0.15, -0.1) is 0 Å². The van der Waals surface area contributed by atoms with Gasteiger partial charge in [-0.05, 0) is 18.2 Å². The minimum atomic E-state index is -0.0413. The summed E-state index contributed by atoms with van der Waals surface area (Å²) in [6.07, 6.45) is 1.66. The molecule has 0 bridgehead atoms. The highest BCUT2D eigenvalue weighted by atomic mass is 16.1. The van der Waals surface area contributed by atoms with Gasteiger partial charge in [0.2, 0.25) is 5.56 Å². The summed E-state index contributed by atoms with van der Waals surface area (Å²) in [4.78, 5) is 13.3. The predicted octanol–water partition coefficient (Wildman–Crippen LogP) is 0.484. The lowest BCUT2D eigenvalue weighted by Crippen LogP contribution is -2.14. The van der Waals surface area contributed by atoms with E-state index in [2.05, 4.69) is 10.3 Å². The molecule has 0 aromatic carbocycles. The Morgan fingerprint density at radius 2 is 2.45 bits per heavy atom. The third-order valence-electron chi connectivity index (χ3n) is 1.42. The smallest absolute Gasteiger partial charge is 0.248 e. The summed E-state index contributed by atoms with van der Waals surface area (Å²) in [6, 6.07) is 3.49. The topological polar surface area (TPSA) is 44.9 Å². The van der Waals surface area contributed by atoms with Crippen molar-refractivity contribution in [2.75, 3.05) is 6.54 Å². The number of aromatic nitrogens is 1. The molecule has 1 heterocycles. The monoisotopic (exact) mass is 152 g/mol. The Morgan fingerprint density at radius 1 is 1.64 bits per heavy atom. The molecule has 3 heteroatoms. The Kier molecular flexibility index (Phi) is 2.86. The molecule has 0 saturated heterocycles. The number of hydrogen-bond acceptors (Lipinski definition) is 2. The van der Waals surface area contributed by atoms with E-state index in [0.717, 1.165) is 18.7 Å². The Hall–Kier alpha value is -1.09. The standard InChI is InChI=1S/C8H12N2O/c1-2-9-6-7-3-4-10-8(11)5-7/h3-5,9H,2,6H2,1H3,(H,10,11). The minimum Gasteiger partial charge on any atom is -0.329 e. The van der Waals surface area contributed by atoms with Crippen molar-refractivity contribution >= 4 is 0 Å². The average Bonchev–Trinajstić information content (AvgIpc) is 2.01. The van der Waals surface area contributed by atoms with Crippen molar-refractivity contribution in [1.29, 1.82) is 0 Å².